The van der Waals surface area contributed by atoms with Gasteiger partial charge in [0.15, 0.2) is 0 Å². The first kappa shape index (κ1) is 16.5. The molecule has 0 aliphatic rings. The van der Waals surface area contributed by atoms with Crippen LogP contribution in [0.3, 0.4) is 0 Å². The maximum Gasteiger partial charge on any atom is 0.124 e. The third-order valence-electron chi connectivity index (χ3n) is 3.49. The summed E-state index contributed by atoms with van der Waals surface area (Å²) in [4.78, 5) is 0. The van der Waals surface area contributed by atoms with Gasteiger partial charge in [-0.1, -0.05) is 44.8 Å². The molecule has 0 amide bonds. The van der Waals surface area contributed by atoms with E-state index in [-0.39, 0.29) is 5.75 Å². The lowest BCUT2D eigenvalue weighted by Crippen LogP contribution is -2.04. The van der Waals surface area contributed by atoms with Gasteiger partial charge < -0.3 is 10.3 Å². The second-order valence-corrected chi connectivity index (χ2v) is 6.66. The Labute approximate surface area is 122 Å². The van der Waals surface area contributed by atoms with Crippen LogP contribution in [0.25, 0.3) is 0 Å². The summed E-state index contributed by atoms with van der Waals surface area (Å²) in [5.41, 5.74) is 2.65. The number of aryl methyl sites for hydroxylation is 1. The monoisotopic (exact) mass is 277 g/mol. The van der Waals surface area contributed by atoms with E-state index in [0.717, 1.165) is 12.8 Å². The lowest BCUT2D eigenvalue weighted by Gasteiger charge is -2.17. The fourth-order valence-electron chi connectivity index (χ4n) is 2.24. The molecule has 0 heterocycles. The van der Waals surface area contributed by atoms with Gasteiger partial charge in [0.05, 0.1) is 5.71 Å². The van der Waals surface area contributed by atoms with Crippen LogP contribution in [-0.4, -0.2) is 16.0 Å². The van der Waals surface area contributed by atoms with Gasteiger partial charge in [0.1, 0.15) is 5.75 Å². The molecule has 1 aromatic rings. The second-order valence-electron chi connectivity index (χ2n) is 6.66. The first-order valence-electron chi connectivity index (χ1n) is 7.34. The van der Waals surface area contributed by atoms with Crippen molar-refractivity contribution in [2.75, 3.05) is 0 Å². The van der Waals surface area contributed by atoms with Crippen LogP contribution >= 0.6 is 0 Å². The van der Waals surface area contributed by atoms with E-state index in [0.29, 0.717) is 16.7 Å². The van der Waals surface area contributed by atoms with Crippen molar-refractivity contribution in [1.29, 1.82) is 0 Å². The normalized spacial score (nSPS) is 12.7. The van der Waals surface area contributed by atoms with Crippen molar-refractivity contribution in [3.8, 4) is 5.75 Å². The Morgan fingerprint density at radius 2 is 1.85 bits per heavy atom. The fourth-order valence-corrected chi connectivity index (χ4v) is 2.24. The summed E-state index contributed by atoms with van der Waals surface area (Å²) in [5, 5.41) is 21.7. The van der Waals surface area contributed by atoms with E-state index in [4.69, 9.17) is 5.21 Å². The Kier molecular flexibility index (Phi) is 6.05. The minimum Gasteiger partial charge on any atom is -0.507 e. The highest BCUT2D eigenvalue weighted by atomic mass is 16.4. The summed E-state index contributed by atoms with van der Waals surface area (Å²) in [6.45, 7) is 8.50. The Hall–Kier alpha value is -1.51. The summed E-state index contributed by atoms with van der Waals surface area (Å²) in [7, 11) is 0. The molecule has 0 unspecified atom stereocenters. The quantitative estimate of drug-likeness (QED) is 0.341. The Bertz CT molecular complexity index is 459. The first-order valence-corrected chi connectivity index (χ1v) is 7.34. The van der Waals surface area contributed by atoms with Gasteiger partial charge >= 0.3 is 0 Å². The predicted molar refractivity (Wildman–Crippen MR) is 83.7 cm³/mol. The molecule has 0 saturated carbocycles. The Balaban J connectivity index is 2.49. The molecule has 0 atom stereocenters. The third kappa shape index (κ3) is 5.64. The largest absolute Gasteiger partial charge is 0.507 e. The lowest BCUT2D eigenvalue weighted by molar-refractivity contribution is 0.318. The molecule has 0 aromatic heterocycles. The second kappa shape index (κ2) is 7.32. The Morgan fingerprint density at radius 1 is 1.15 bits per heavy atom. The van der Waals surface area contributed by atoms with Gasteiger partial charge in [0, 0.05) is 5.56 Å². The number of aromatic hydroxyl groups is 1. The van der Waals surface area contributed by atoms with Gasteiger partial charge in [-0.05, 0) is 49.3 Å². The Morgan fingerprint density at radius 3 is 2.45 bits per heavy atom. The number of hydrogen-bond donors (Lipinski definition) is 2. The number of hydrogen-bond acceptors (Lipinski definition) is 3. The van der Waals surface area contributed by atoms with E-state index in [1.165, 1.54) is 24.8 Å². The topological polar surface area (TPSA) is 52.8 Å². The van der Waals surface area contributed by atoms with Crippen molar-refractivity contribution in [1.82, 2.24) is 0 Å². The van der Waals surface area contributed by atoms with Crippen molar-refractivity contribution in [3.63, 3.8) is 0 Å². The van der Waals surface area contributed by atoms with Crippen LogP contribution in [0.4, 0.5) is 0 Å². The first-order chi connectivity index (χ1) is 9.33. The third-order valence-corrected chi connectivity index (χ3v) is 3.49. The molecular weight excluding hydrogens is 250 g/mol. The summed E-state index contributed by atoms with van der Waals surface area (Å²) < 4.78 is 0. The van der Waals surface area contributed by atoms with E-state index in [2.05, 4.69) is 25.9 Å². The van der Waals surface area contributed by atoms with Crippen molar-refractivity contribution in [2.24, 2.45) is 10.6 Å². The fraction of sp³-hybridized carbons (Fsp3) is 0.588. The molecule has 0 radical (unpaired) electrons. The van der Waals surface area contributed by atoms with Crippen LogP contribution in [0.1, 0.15) is 64.5 Å². The molecule has 1 rings (SSSR count). The maximum absolute atomic E-state index is 9.74. The van der Waals surface area contributed by atoms with Gasteiger partial charge in [-0.25, -0.2) is 0 Å². The summed E-state index contributed by atoms with van der Waals surface area (Å²) >= 11 is 0. The number of phenols is 1. The predicted octanol–water partition coefficient (Wildman–Crippen LogP) is 4.74. The number of nitrogens with zero attached hydrogens (tertiary/aromatic N) is 1. The van der Waals surface area contributed by atoms with Gasteiger partial charge in [-0.15, -0.1) is 0 Å². The molecule has 0 aliphatic carbocycles. The summed E-state index contributed by atoms with van der Waals surface area (Å²) in [6.07, 6.45) is 5.88. The molecule has 0 spiro atoms. The number of rotatable bonds is 6. The van der Waals surface area contributed by atoms with Crippen molar-refractivity contribution in [2.45, 2.75) is 59.8 Å². The molecule has 20 heavy (non-hydrogen) atoms. The van der Waals surface area contributed by atoms with Gasteiger partial charge in [0.2, 0.25) is 0 Å². The smallest absolute Gasteiger partial charge is 0.124 e. The SMILES string of the molecule is C/C(=N\O)c1cc(CCCCCC(C)(C)C)ccc1O. The average Bonchev–Trinajstić information content (AvgIpc) is 2.38. The van der Waals surface area contributed by atoms with E-state index in [1.54, 1.807) is 13.0 Å². The van der Waals surface area contributed by atoms with Gasteiger partial charge in [-0.3, -0.25) is 0 Å². The summed E-state index contributed by atoms with van der Waals surface area (Å²) in [5.74, 6) is 0.164. The highest BCUT2D eigenvalue weighted by Gasteiger charge is 2.09. The highest BCUT2D eigenvalue weighted by Crippen LogP contribution is 2.23. The van der Waals surface area contributed by atoms with E-state index >= 15 is 0 Å². The minimum absolute atomic E-state index is 0.164. The molecule has 3 nitrogen and oxygen atoms in total. The number of unbranched alkanes of at least 4 members (excludes halogenated alkanes) is 2. The van der Waals surface area contributed by atoms with Crippen LogP contribution < -0.4 is 0 Å². The summed E-state index contributed by atoms with van der Waals surface area (Å²) in [6, 6.07) is 5.52. The van der Waals surface area contributed by atoms with Crippen molar-refractivity contribution < 1.29 is 10.3 Å². The molecule has 1 aromatic carbocycles. The number of oxime groups is 1. The van der Waals surface area contributed by atoms with Crippen LogP contribution in [0, 0.1) is 5.41 Å². The zero-order valence-corrected chi connectivity index (χ0v) is 13.1. The van der Waals surface area contributed by atoms with Crippen LogP contribution in [0.15, 0.2) is 23.4 Å². The maximum atomic E-state index is 9.74. The molecule has 3 heteroatoms. The molecule has 0 aliphatic heterocycles. The molecule has 0 fully saturated rings. The number of phenolic OH excluding ortho intramolecular Hbond substituents is 1. The van der Waals surface area contributed by atoms with E-state index in [1.807, 2.05) is 12.1 Å². The van der Waals surface area contributed by atoms with E-state index < -0.39 is 0 Å². The lowest BCUT2D eigenvalue weighted by atomic mass is 9.89. The van der Waals surface area contributed by atoms with Crippen molar-refractivity contribution >= 4 is 5.71 Å². The zero-order chi connectivity index (χ0) is 15.2. The van der Waals surface area contributed by atoms with Crippen LogP contribution in [0.5, 0.6) is 5.75 Å². The van der Waals surface area contributed by atoms with Crippen molar-refractivity contribution in [3.05, 3.63) is 29.3 Å². The standard InChI is InChI=1S/C17H27NO2/c1-13(18-20)15-12-14(9-10-16(15)19)8-6-5-7-11-17(2,3)4/h9-10,12,19-20H,5-8,11H2,1-4H3/b18-13+. The van der Waals surface area contributed by atoms with Gasteiger partial charge in [0.25, 0.3) is 0 Å². The molecule has 0 bridgehead atoms. The molecule has 112 valence electrons. The molecule has 2 N–H and O–H groups in total. The van der Waals surface area contributed by atoms with Crippen LogP contribution in [0.2, 0.25) is 0 Å². The number of benzene rings is 1. The highest BCUT2D eigenvalue weighted by molar-refractivity contribution is 6.00. The minimum atomic E-state index is 0.164. The van der Waals surface area contributed by atoms with E-state index in [9.17, 15) is 5.11 Å². The molecular formula is C17H27NO2. The molecule has 0 saturated heterocycles. The zero-order valence-electron chi connectivity index (χ0n) is 13.1. The average molecular weight is 277 g/mol. The van der Waals surface area contributed by atoms with Crippen LogP contribution in [-0.2, 0) is 6.42 Å². The van der Waals surface area contributed by atoms with Gasteiger partial charge in [-0.2, -0.15) is 0 Å².